The summed E-state index contributed by atoms with van der Waals surface area (Å²) in [4.78, 5) is 0. The fraction of sp³-hybridized carbons (Fsp3) is 1.00. The first-order valence-corrected chi connectivity index (χ1v) is 4.69. The number of hydrogen-bond donors (Lipinski definition) is 2. The lowest BCUT2D eigenvalue weighted by Gasteiger charge is -2.33. The van der Waals surface area contributed by atoms with E-state index < -0.39 is 0 Å². The first kappa shape index (κ1) is 9.96. The molecule has 0 aromatic carbocycles. The lowest BCUT2D eigenvalue weighted by Crippen LogP contribution is -2.41. The molecule has 72 valence electrons. The monoisotopic (exact) mass is 173 g/mol. The fourth-order valence-electron chi connectivity index (χ4n) is 1.82. The van der Waals surface area contributed by atoms with Gasteiger partial charge in [-0.3, -0.25) is 0 Å². The van der Waals surface area contributed by atoms with Gasteiger partial charge in [-0.15, -0.1) is 0 Å². The Bertz CT molecular complexity index is 130. The van der Waals surface area contributed by atoms with Crippen LogP contribution in [0.2, 0.25) is 0 Å². The molecule has 3 nitrogen and oxygen atoms in total. The Hall–Kier alpha value is -0.120. The molecule has 3 atom stereocenters. The quantitative estimate of drug-likeness (QED) is 0.654. The molecule has 2 N–H and O–H groups in total. The van der Waals surface area contributed by atoms with E-state index in [1.54, 1.807) is 0 Å². The summed E-state index contributed by atoms with van der Waals surface area (Å²) in [5.74, 6) is 0. The highest BCUT2D eigenvalue weighted by atomic mass is 16.5. The van der Waals surface area contributed by atoms with Crippen LogP contribution in [0.15, 0.2) is 0 Å². The van der Waals surface area contributed by atoms with E-state index in [4.69, 9.17) is 9.84 Å². The van der Waals surface area contributed by atoms with Crippen LogP contribution < -0.4 is 5.32 Å². The minimum atomic E-state index is 0.230. The Labute approximate surface area is 74.1 Å². The molecule has 1 aliphatic heterocycles. The molecule has 0 spiro atoms. The average Bonchev–Trinajstić information content (AvgIpc) is 2.04. The number of hydrogen-bond acceptors (Lipinski definition) is 3. The zero-order valence-electron chi connectivity index (χ0n) is 7.92. The summed E-state index contributed by atoms with van der Waals surface area (Å²) in [7, 11) is 1.98. The van der Waals surface area contributed by atoms with Gasteiger partial charge >= 0.3 is 0 Å². The van der Waals surface area contributed by atoms with Gasteiger partial charge in [-0.05, 0) is 33.2 Å². The second kappa shape index (κ2) is 4.80. The van der Waals surface area contributed by atoms with E-state index in [1.807, 2.05) is 7.05 Å². The number of aliphatic hydroxyl groups excluding tert-OH is 1. The molecule has 0 radical (unpaired) electrons. The highest BCUT2D eigenvalue weighted by Crippen LogP contribution is 2.20. The lowest BCUT2D eigenvalue weighted by molar-refractivity contribution is -0.0595. The van der Waals surface area contributed by atoms with Crippen LogP contribution >= 0.6 is 0 Å². The van der Waals surface area contributed by atoms with Crippen LogP contribution in [0.25, 0.3) is 0 Å². The first-order chi connectivity index (χ1) is 5.76. The van der Waals surface area contributed by atoms with Crippen molar-refractivity contribution in [3.63, 3.8) is 0 Å². The smallest absolute Gasteiger partial charge is 0.0615 e. The van der Waals surface area contributed by atoms with Crippen molar-refractivity contribution >= 4 is 0 Å². The molecule has 1 saturated heterocycles. The standard InChI is InChI=1S/C9H19NO2/c1-7-5-8(10-2)6-9(12-7)3-4-11/h7-11H,3-6H2,1-2H3/t7-,8+,9+/m0/s1. The minimum Gasteiger partial charge on any atom is -0.396 e. The Morgan fingerprint density at radius 2 is 2.25 bits per heavy atom. The lowest BCUT2D eigenvalue weighted by atomic mass is 9.98. The highest BCUT2D eigenvalue weighted by molar-refractivity contribution is 4.79. The van der Waals surface area contributed by atoms with E-state index in [0.717, 1.165) is 19.3 Å². The van der Waals surface area contributed by atoms with Crippen LogP contribution in [0.4, 0.5) is 0 Å². The van der Waals surface area contributed by atoms with E-state index in [2.05, 4.69) is 12.2 Å². The summed E-state index contributed by atoms with van der Waals surface area (Å²) >= 11 is 0. The van der Waals surface area contributed by atoms with Crippen LogP contribution in [-0.4, -0.2) is 37.0 Å². The molecule has 1 fully saturated rings. The Balaban J connectivity index is 2.34. The van der Waals surface area contributed by atoms with Gasteiger partial charge < -0.3 is 15.2 Å². The van der Waals surface area contributed by atoms with Gasteiger partial charge in [-0.25, -0.2) is 0 Å². The molecule has 0 unspecified atom stereocenters. The van der Waals surface area contributed by atoms with Gasteiger partial charge in [0.1, 0.15) is 0 Å². The summed E-state index contributed by atoms with van der Waals surface area (Å²) in [5.41, 5.74) is 0. The van der Waals surface area contributed by atoms with E-state index in [0.29, 0.717) is 12.1 Å². The predicted octanol–water partition coefficient (Wildman–Crippen LogP) is 0.524. The maximum Gasteiger partial charge on any atom is 0.0615 e. The molecule has 0 bridgehead atoms. The van der Waals surface area contributed by atoms with Crippen molar-refractivity contribution in [1.82, 2.24) is 5.32 Å². The van der Waals surface area contributed by atoms with Crippen LogP contribution in [0.1, 0.15) is 26.2 Å². The maximum atomic E-state index is 8.76. The molecule has 0 aromatic heterocycles. The Kier molecular flexibility index (Phi) is 3.98. The summed E-state index contributed by atoms with van der Waals surface area (Å²) in [6.45, 7) is 2.32. The molecule has 0 saturated carbocycles. The normalized spacial score (nSPS) is 36.8. The molecule has 0 amide bonds. The van der Waals surface area contributed by atoms with Gasteiger partial charge in [0.05, 0.1) is 12.2 Å². The number of ether oxygens (including phenoxy) is 1. The average molecular weight is 173 g/mol. The third-order valence-electron chi connectivity index (χ3n) is 2.45. The van der Waals surface area contributed by atoms with E-state index in [-0.39, 0.29) is 12.7 Å². The topological polar surface area (TPSA) is 41.5 Å². The Morgan fingerprint density at radius 3 is 2.83 bits per heavy atom. The van der Waals surface area contributed by atoms with Gasteiger partial charge in [0, 0.05) is 12.6 Å². The van der Waals surface area contributed by atoms with Crippen molar-refractivity contribution in [2.45, 2.75) is 44.4 Å². The van der Waals surface area contributed by atoms with E-state index in [9.17, 15) is 0 Å². The third kappa shape index (κ3) is 2.73. The SMILES string of the molecule is CN[C@H]1C[C@@H](CCO)O[C@@H](C)C1. The van der Waals surface area contributed by atoms with Crippen molar-refractivity contribution in [2.24, 2.45) is 0 Å². The van der Waals surface area contributed by atoms with Crippen LogP contribution in [0, 0.1) is 0 Å². The van der Waals surface area contributed by atoms with Crippen LogP contribution in [0.3, 0.4) is 0 Å². The van der Waals surface area contributed by atoms with Gasteiger partial charge in [0.25, 0.3) is 0 Å². The summed E-state index contributed by atoms with van der Waals surface area (Å²) in [6, 6.07) is 0.560. The zero-order valence-corrected chi connectivity index (χ0v) is 7.92. The maximum absolute atomic E-state index is 8.76. The van der Waals surface area contributed by atoms with Gasteiger partial charge in [-0.1, -0.05) is 0 Å². The largest absolute Gasteiger partial charge is 0.396 e. The van der Waals surface area contributed by atoms with Crippen molar-refractivity contribution in [3.05, 3.63) is 0 Å². The molecule has 1 aliphatic rings. The minimum absolute atomic E-state index is 0.230. The molecule has 12 heavy (non-hydrogen) atoms. The fourth-order valence-corrected chi connectivity index (χ4v) is 1.82. The number of nitrogens with one attached hydrogen (secondary N) is 1. The summed E-state index contributed by atoms with van der Waals surface area (Å²) < 4.78 is 5.66. The summed E-state index contributed by atoms with van der Waals surface area (Å²) in [5, 5.41) is 12.0. The zero-order chi connectivity index (χ0) is 8.97. The number of rotatable bonds is 3. The van der Waals surface area contributed by atoms with Crippen molar-refractivity contribution in [2.75, 3.05) is 13.7 Å². The van der Waals surface area contributed by atoms with Gasteiger partial charge in [-0.2, -0.15) is 0 Å². The van der Waals surface area contributed by atoms with Crippen molar-refractivity contribution in [3.8, 4) is 0 Å². The van der Waals surface area contributed by atoms with Gasteiger partial charge in [0.2, 0.25) is 0 Å². The van der Waals surface area contributed by atoms with Crippen molar-refractivity contribution in [1.29, 1.82) is 0 Å². The van der Waals surface area contributed by atoms with Gasteiger partial charge in [0.15, 0.2) is 0 Å². The molecule has 3 heteroatoms. The molecule has 1 heterocycles. The third-order valence-corrected chi connectivity index (χ3v) is 2.45. The van der Waals surface area contributed by atoms with Crippen LogP contribution in [-0.2, 0) is 4.74 Å². The van der Waals surface area contributed by atoms with Crippen molar-refractivity contribution < 1.29 is 9.84 Å². The predicted molar refractivity (Wildman–Crippen MR) is 48.1 cm³/mol. The van der Waals surface area contributed by atoms with E-state index in [1.165, 1.54) is 0 Å². The molecule has 1 rings (SSSR count). The molecule has 0 aromatic rings. The Morgan fingerprint density at radius 1 is 1.50 bits per heavy atom. The number of aliphatic hydroxyl groups is 1. The molecular weight excluding hydrogens is 154 g/mol. The second-order valence-electron chi connectivity index (χ2n) is 3.54. The first-order valence-electron chi connectivity index (χ1n) is 4.69. The second-order valence-corrected chi connectivity index (χ2v) is 3.54. The molecular formula is C9H19NO2. The summed E-state index contributed by atoms with van der Waals surface area (Å²) in [6.07, 6.45) is 3.45. The van der Waals surface area contributed by atoms with Crippen LogP contribution in [0.5, 0.6) is 0 Å². The highest BCUT2D eigenvalue weighted by Gasteiger charge is 2.25. The molecule has 0 aliphatic carbocycles. The van der Waals surface area contributed by atoms with E-state index >= 15 is 0 Å².